The second-order valence-electron chi connectivity index (χ2n) is 3.53. The number of benzene rings is 1. The zero-order valence-corrected chi connectivity index (χ0v) is 10.1. The lowest BCUT2D eigenvalue weighted by molar-refractivity contribution is 0.0773. The molecule has 0 spiro atoms. The van der Waals surface area contributed by atoms with Crippen LogP contribution in [0.1, 0.15) is 24.2 Å². The minimum atomic E-state index is 0.0272. The lowest BCUT2D eigenvalue weighted by atomic mass is 10.1. The van der Waals surface area contributed by atoms with Gasteiger partial charge >= 0.3 is 0 Å². The van der Waals surface area contributed by atoms with E-state index >= 15 is 0 Å². The highest BCUT2D eigenvalue weighted by atomic mass is 16.2. The molecule has 0 saturated heterocycles. The highest BCUT2D eigenvalue weighted by Gasteiger charge is 2.13. The molecule has 0 atom stereocenters. The first-order chi connectivity index (χ1) is 7.63. The van der Waals surface area contributed by atoms with Crippen molar-refractivity contribution in [2.24, 2.45) is 0 Å². The van der Waals surface area contributed by atoms with E-state index in [9.17, 15) is 4.79 Å². The van der Waals surface area contributed by atoms with Crippen LogP contribution in [0, 0.1) is 0 Å². The first kappa shape index (κ1) is 12.4. The summed E-state index contributed by atoms with van der Waals surface area (Å²) in [6.07, 6.45) is 0. The van der Waals surface area contributed by atoms with Gasteiger partial charge in [-0.05, 0) is 32.0 Å². The molecule has 0 heterocycles. The Hall–Kier alpha value is -1.71. The normalized spacial score (nSPS) is 9.94. The van der Waals surface area contributed by atoms with Crippen LogP contribution >= 0.6 is 0 Å². The number of nitrogens with one attached hydrogen (secondary N) is 1. The van der Waals surface area contributed by atoms with Gasteiger partial charge in [0.05, 0.1) is 11.4 Å². The van der Waals surface area contributed by atoms with Crippen LogP contribution in [0.4, 0.5) is 11.4 Å². The van der Waals surface area contributed by atoms with E-state index in [1.807, 2.05) is 19.9 Å². The van der Waals surface area contributed by atoms with Crippen molar-refractivity contribution in [3.63, 3.8) is 0 Å². The van der Waals surface area contributed by atoms with Gasteiger partial charge in [-0.25, -0.2) is 0 Å². The van der Waals surface area contributed by atoms with E-state index in [0.717, 1.165) is 5.69 Å². The van der Waals surface area contributed by atoms with Gasteiger partial charge in [0.2, 0.25) is 0 Å². The third-order valence-electron chi connectivity index (χ3n) is 2.62. The summed E-state index contributed by atoms with van der Waals surface area (Å²) < 4.78 is 0. The Labute approximate surface area is 96.4 Å². The maximum atomic E-state index is 12.0. The molecular weight excluding hydrogens is 202 g/mol. The Bertz CT molecular complexity index is 373. The molecule has 4 heteroatoms. The van der Waals surface area contributed by atoms with Crippen molar-refractivity contribution < 1.29 is 4.79 Å². The predicted octanol–water partition coefficient (Wildman–Crippen LogP) is 1.79. The molecule has 1 rings (SSSR count). The Morgan fingerprint density at radius 3 is 2.44 bits per heavy atom. The standard InChI is InChI=1S/C12H19N3O/c1-4-15(5-2)12(16)9-6-7-11(14-3)10(13)8-9/h6-8,14H,4-5,13H2,1-3H3. The molecule has 0 saturated carbocycles. The molecule has 1 amide bonds. The largest absolute Gasteiger partial charge is 0.397 e. The maximum absolute atomic E-state index is 12.0. The number of hydrogen-bond acceptors (Lipinski definition) is 3. The molecule has 1 aromatic rings. The number of carbonyl (C=O) groups is 1. The summed E-state index contributed by atoms with van der Waals surface area (Å²) in [5.74, 6) is 0.0272. The minimum absolute atomic E-state index is 0.0272. The molecular formula is C12H19N3O. The number of nitrogen functional groups attached to an aromatic ring is 1. The van der Waals surface area contributed by atoms with Crippen molar-refractivity contribution in [1.82, 2.24) is 4.90 Å². The van der Waals surface area contributed by atoms with E-state index in [0.29, 0.717) is 24.3 Å². The van der Waals surface area contributed by atoms with Crippen LogP contribution in [-0.2, 0) is 0 Å². The quantitative estimate of drug-likeness (QED) is 0.762. The molecule has 0 radical (unpaired) electrons. The fourth-order valence-corrected chi connectivity index (χ4v) is 1.62. The fourth-order valence-electron chi connectivity index (χ4n) is 1.62. The van der Waals surface area contributed by atoms with E-state index in [1.54, 1.807) is 24.1 Å². The van der Waals surface area contributed by atoms with Crippen LogP contribution in [0.2, 0.25) is 0 Å². The van der Waals surface area contributed by atoms with Gasteiger partial charge in [-0.2, -0.15) is 0 Å². The third kappa shape index (κ3) is 2.45. The number of nitrogens with two attached hydrogens (primary N) is 1. The Balaban J connectivity index is 2.96. The van der Waals surface area contributed by atoms with E-state index in [2.05, 4.69) is 5.32 Å². The van der Waals surface area contributed by atoms with Gasteiger partial charge in [-0.1, -0.05) is 0 Å². The number of hydrogen-bond donors (Lipinski definition) is 2. The van der Waals surface area contributed by atoms with Gasteiger partial charge < -0.3 is 16.0 Å². The van der Waals surface area contributed by atoms with Crippen LogP contribution in [-0.4, -0.2) is 30.9 Å². The molecule has 0 aliphatic rings. The topological polar surface area (TPSA) is 58.4 Å². The summed E-state index contributed by atoms with van der Waals surface area (Å²) >= 11 is 0. The zero-order chi connectivity index (χ0) is 12.1. The van der Waals surface area contributed by atoms with Crippen LogP contribution < -0.4 is 11.1 Å². The number of nitrogens with zero attached hydrogens (tertiary/aromatic N) is 1. The van der Waals surface area contributed by atoms with Gasteiger partial charge in [0.15, 0.2) is 0 Å². The SMILES string of the molecule is CCN(CC)C(=O)c1ccc(NC)c(N)c1. The van der Waals surface area contributed by atoms with Gasteiger partial charge in [0.1, 0.15) is 0 Å². The molecule has 0 aromatic heterocycles. The van der Waals surface area contributed by atoms with Crippen molar-refractivity contribution in [2.75, 3.05) is 31.2 Å². The fraction of sp³-hybridized carbons (Fsp3) is 0.417. The summed E-state index contributed by atoms with van der Waals surface area (Å²) in [5.41, 5.74) is 7.90. The van der Waals surface area contributed by atoms with E-state index in [-0.39, 0.29) is 5.91 Å². The Morgan fingerprint density at radius 2 is 2.00 bits per heavy atom. The summed E-state index contributed by atoms with van der Waals surface area (Å²) in [7, 11) is 1.80. The maximum Gasteiger partial charge on any atom is 0.253 e. The lowest BCUT2D eigenvalue weighted by Gasteiger charge is -2.19. The average Bonchev–Trinajstić information content (AvgIpc) is 2.30. The van der Waals surface area contributed by atoms with Crippen molar-refractivity contribution in [3.8, 4) is 0 Å². The summed E-state index contributed by atoms with van der Waals surface area (Å²) in [6, 6.07) is 5.33. The summed E-state index contributed by atoms with van der Waals surface area (Å²) in [5, 5.41) is 2.97. The van der Waals surface area contributed by atoms with E-state index < -0.39 is 0 Å². The van der Waals surface area contributed by atoms with Gasteiger partial charge in [0.25, 0.3) is 5.91 Å². The second-order valence-corrected chi connectivity index (χ2v) is 3.53. The van der Waals surface area contributed by atoms with Crippen molar-refractivity contribution >= 4 is 17.3 Å². The minimum Gasteiger partial charge on any atom is -0.397 e. The average molecular weight is 221 g/mol. The lowest BCUT2D eigenvalue weighted by Crippen LogP contribution is -2.30. The molecule has 3 N–H and O–H groups in total. The Morgan fingerprint density at radius 1 is 1.38 bits per heavy atom. The first-order valence-corrected chi connectivity index (χ1v) is 5.50. The molecule has 0 aliphatic heterocycles. The van der Waals surface area contributed by atoms with Gasteiger partial charge in [-0.15, -0.1) is 0 Å². The van der Waals surface area contributed by atoms with Gasteiger partial charge in [0, 0.05) is 25.7 Å². The number of rotatable bonds is 4. The number of anilines is 2. The monoisotopic (exact) mass is 221 g/mol. The summed E-state index contributed by atoms with van der Waals surface area (Å²) in [6.45, 7) is 5.35. The highest BCUT2D eigenvalue weighted by Crippen LogP contribution is 2.20. The molecule has 88 valence electrons. The Kier molecular flexibility index (Phi) is 4.17. The highest BCUT2D eigenvalue weighted by molar-refractivity contribution is 5.96. The summed E-state index contributed by atoms with van der Waals surface area (Å²) in [4.78, 5) is 13.8. The molecule has 4 nitrogen and oxygen atoms in total. The third-order valence-corrected chi connectivity index (χ3v) is 2.62. The van der Waals surface area contributed by atoms with Crippen LogP contribution in [0.5, 0.6) is 0 Å². The van der Waals surface area contributed by atoms with Crippen molar-refractivity contribution in [3.05, 3.63) is 23.8 Å². The first-order valence-electron chi connectivity index (χ1n) is 5.50. The van der Waals surface area contributed by atoms with Crippen LogP contribution in [0.15, 0.2) is 18.2 Å². The van der Waals surface area contributed by atoms with Crippen LogP contribution in [0.25, 0.3) is 0 Å². The molecule has 0 bridgehead atoms. The smallest absolute Gasteiger partial charge is 0.253 e. The van der Waals surface area contributed by atoms with Crippen molar-refractivity contribution in [1.29, 1.82) is 0 Å². The van der Waals surface area contributed by atoms with Crippen LogP contribution in [0.3, 0.4) is 0 Å². The molecule has 1 aromatic carbocycles. The van der Waals surface area contributed by atoms with Crippen molar-refractivity contribution in [2.45, 2.75) is 13.8 Å². The zero-order valence-electron chi connectivity index (χ0n) is 10.1. The molecule has 0 unspecified atom stereocenters. The molecule has 0 fully saturated rings. The number of amides is 1. The number of carbonyl (C=O) groups excluding carboxylic acids is 1. The van der Waals surface area contributed by atoms with E-state index in [4.69, 9.17) is 5.73 Å². The van der Waals surface area contributed by atoms with E-state index in [1.165, 1.54) is 0 Å². The molecule has 0 aliphatic carbocycles. The molecule has 16 heavy (non-hydrogen) atoms. The van der Waals surface area contributed by atoms with Gasteiger partial charge in [-0.3, -0.25) is 4.79 Å². The second kappa shape index (κ2) is 5.39. The predicted molar refractivity (Wildman–Crippen MR) is 67.7 cm³/mol.